The molecule has 0 aliphatic heterocycles. The zero-order chi connectivity index (χ0) is 15.5. The molecule has 0 aliphatic carbocycles. The van der Waals surface area contributed by atoms with Crippen LogP contribution in [0.1, 0.15) is 43.6 Å². The quantitative estimate of drug-likeness (QED) is 0.872. The molecule has 0 unspecified atom stereocenters. The first-order chi connectivity index (χ1) is 9.10. The van der Waals surface area contributed by atoms with Crippen LogP contribution < -0.4 is 5.32 Å². The fourth-order valence-corrected chi connectivity index (χ4v) is 1.85. The molecule has 5 heteroatoms. The summed E-state index contributed by atoms with van der Waals surface area (Å²) >= 11 is 6.02. The molecule has 1 N–H and O–H groups in total. The van der Waals surface area contributed by atoms with E-state index in [2.05, 4.69) is 5.32 Å². The number of amides is 1. The molecule has 20 heavy (non-hydrogen) atoms. The van der Waals surface area contributed by atoms with Crippen LogP contribution in [0.3, 0.4) is 0 Å². The van der Waals surface area contributed by atoms with Gasteiger partial charge in [0.15, 0.2) is 0 Å². The number of benzene rings is 1. The van der Waals surface area contributed by atoms with E-state index in [0.717, 1.165) is 5.56 Å². The Morgan fingerprint density at radius 1 is 1.30 bits per heavy atom. The standard InChI is InChI=1S/C15H20ClNO3/c1-9-6-7-11(12(16)8-9)13(18)17-10(2)14(19)20-15(3,4)5/h6-8,10H,1-5H3,(H,17,18)/t10-/m0/s1. The highest BCUT2D eigenvalue weighted by atomic mass is 35.5. The summed E-state index contributed by atoms with van der Waals surface area (Å²) in [7, 11) is 0. The van der Waals surface area contributed by atoms with Gasteiger partial charge in [-0.3, -0.25) is 4.79 Å². The molecule has 0 bridgehead atoms. The van der Waals surface area contributed by atoms with E-state index in [9.17, 15) is 9.59 Å². The normalized spacial score (nSPS) is 12.7. The third-order valence-corrected chi connectivity index (χ3v) is 2.79. The molecule has 0 aliphatic rings. The predicted octanol–water partition coefficient (Wildman–Crippen LogP) is 3.11. The molecule has 1 aromatic carbocycles. The van der Waals surface area contributed by atoms with Crippen molar-refractivity contribution in [2.75, 3.05) is 0 Å². The minimum absolute atomic E-state index is 0.340. The van der Waals surface area contributed by atoms with Crippen molar-refractivity contribution in [3.8, 4) is 0 Å². The molecule has 4 nitrogen and oxygen atoms in total. The van der Waals surface area contributed by atoms with Crippen molar-refractivity contribution in [2.24, 2.45) is 0 Å². The van der Waals surface area contributed by atoms with Gasteiger partial charge in [-0.1, -0.05) is 17.7 Å². The van der Waals surface area contributed by atoms with Crippen LogP contribution in [0.4, 0.5) is 0 Å². The van der Waals surface area contributed by atoms with Gasteiger partial charge in [-0.15, -0.1) is 0 Å². The molecule has 1 amide bonds. The molecule has 0 aromatic heterocycles. The SMILES string of the molecule is Cc1ccc(C(=O)N[C@@H](C)C(=O)OC(C)(C)C)c(Cl)c1. The molecule has 0 radical (unpaired) electrons. The Morgan fingerprint density at radius 3 is 2.40 bits per heavy atom. The molecule has 0 spiro atoms. The number of aryl methyl sites for hydroxylation is 1. The summed E-state index contributed by atoms with van der Waals surface area (Å²) in [5.74, 6) is -0.873. The Kier molecular flexibility index (Phi) is 5.17. The van der Waals surface area contributed by atoms with E-state index in [1.807, 2.05) is 6.92 Å². The van der Waals surface area contributed by atoms with Gasteiger partial charge >= 0.3 is 5.97 Å². The molecular formula is C15H20ClNO3. The van der Waals surface area contributed by atoms with Crippen LogP contribution in [0, 0.1) is 6.92 Å². The van der Waals surface area contributed by atoms with Gasteiger partial charge in [0, 0.05) is 0 Å². The molecule has 1 atom stereocenters. The number of halogens is 1. The predicted molar refractivity (Wildman–Crippen MR) is 79.0 cm³/mol. The maximum absolute atomic E-state index is 12.1. The molecule has 0 heterocycles. The average molecular weight is 298 g/mol. The van der Waals surface area contributed by atoms with E-state index >= 15 is 0 Å². The fraction of sp³-hybridized carbons (Fsp3) is 0.467. The Morgan fingerprint density at radius 2 is 1.90 bits per heavy atom. The van der Waals surface area contributed by atoms with Crippen molar-refractivity contribution in [1.82, 2.24) is 5.32 Å². The maximum Gasteiger partial charge on any atom is 0.328 e. The summed E-state index contributed by atoms with van der Waals surface area (Å²) in [6.45, 7) is 8.79. The van der Waals surface area contributed by atoms with Gasteiger partial charge < -0.3 is 10.1 Å². The van der Waals surface area contributed by atoms with E-state index in [1.54, 1.807) is 45.9 Å². The lowest BCUT2D eigenvalue weighted by molar-refractivity contribution is -0.156. The van der Waals surface area contributed by atoms with E-state index in [-0.39, 0.29) is 0 Å². The van der Waals surface area contributed by atoms with E-state index in [1.165, 1.54) is 0 Å². The third kappa shape index (κ3) is 4.85. The highest BCUT2D eigenvalue weighted by Gasteiger charge is 2.23. The Labute approximate surface area is 124 Å². The smallest absolute Gasteiger partial charge is 0.328 e. The summed E-state index contributed by atoms with van der Waals surface area (Å²) in [5.41, 5.74) is 0.719. The lowest BCUT2D eigenvalue weighted by Crippen LogP contribution is -2.42. The van der Waals surface area contributed by atoms with Gasteiger partial charge in [-0.05, 0) is 52.3 Å². The number of carbonyl (C=O) groups is 2. The molecular weight excluding hydrogens is 278 g/mol. The summed E-state index contributed by atoms with van der Waals surface area (Å²) in [5, 5.41) is 2.94. The molecule has 0 saturated carbocycles. The molecule has 110 valence electrons. The van der Waals surface area contributed by atoms with Crippen molar-refractivity contribution in [1.29, 1.82) is 0 Å². The summed E-state index contributed by atoms with van der Waals surface area (Å²) in [4.78, 5) is 23.8. The van der Waals surface area contributed by atoms with Crippen LogP contribution in [0.2, 0.25) is 5.02 Å². The Bertz CT molecular complexity index is 520. The van der Waals surface area contributed by atoms with Crippen molar-refractivity contribution >= 4 is 23.5 Å². The van der Waals surface area contributed by atoms with E-state index in [4.69, 9.17) is 16.3 Å². The largest absolute Gasteiger partial charge is 0.458 e. The number of ether oxygens (including phenoxy) is 1. The van der Waals surface area contributed by atoms with Gasteiger partial charge in [0.2, 0.25) is 0 Å². The number of rotatable bonds is 3. The lowest BCUT2D eigenvalue weighted by atomic mass is 10.1. The van der Waals surface area contributed by atoms with Crippen molar-refractivity contribution in [2.45, 2.75) is 46.3 Å². The van der Waals surface area contributed by atoms with Crippen LogP contribution in [-0.2, 0) is 9.53 Å². The Hall–Kier alpha value is -1.55. The summed E-state index contributed by atoms with van der Waals surface area (Å²) in [6.07, 6.45) is 0. The number of nitrogens with one attached hydrogen (secondary N) is 1. The van der Waals surface area contributed by atoms with Crippen LogP contribution >= 0.6 is 11.6 Å². The number of carbonyl (C=O) groups excluding carboxylic acids is 2. The van der Waals surface area contributed by atoms with Crippen LogP contribution in [0.15, 0.2) is 18.2 Å². The second-order valence-electron chi connectivity index (χ2n) is 5.71. The van der Waals surface area contributed by atoms with Gasteiger partial charge in [0.25, 0.3) is 5.91 Å². The first-order valence-corrected chi connectivity index (χ1v) is 6.78. The van der Waals surface area contributed by atoms with Gasteiger partial charge in [-0.25, -0.2) is 4.79 Å². The van der Waals surface area contributed by atoms with Crippen LogP contribution in [0.5, 0.6) is 0 Å². The van der Waals surface area contributed by atoms with Gasteiger partial charge in [0.1, 0.15) is 11.6 Å². The highest BCUT2D eigenvalue weighted by molar-refractivity contribution is 6.33. The molecule has 1 aromatic rings. The molecule has 0 saturated heterocycles. The number of esters is 1. The maximum atomic E-state index is 12.1. The topological polar surface area (TPSA) is 55.4 Å². The van der Waals surface area contributed by atoms with Crippen molar-refractivity contribution in [3.63, 3.8) is 0 Å². The van der Waals surface area contributed by atoms with Crippen LogP contribution in [0.25, 0.3) is 0 Å². The van der Waals surface area contributed by atoms with Crippen molar-refractivity contribution < 1.29 is 14.3 Å². The molecule has 1 rings (SSSR count). The minimum Gasteiger partial charge on any atom is -0.458 e. The number of hydrogen-bond donors (Lipinski definition) is 1. The second-order valence-corrected chi connectivity index (χ2v) is 6.12. The van der Waals surface area contributed by atoms with E-state index < -0.39 is 23.5 Å². The first kappa shape index (κ1) is 16.5. The van der Waals surface area contributed by atoms with E-state index in [0.29, 0.717) is 10.6 Å². The summed E-state index contributed by atoms with van der Waals surface area (Å²) in [6, 6.07) is 4.39. The van der Waals surface area contributed by atoms with Gasteiger partial charge in [0.05, 0.1) is 10.6 Å². The Balaban J connectivity index is 2.73. The minimum atomic E-state index is -0.737. The highest BCUT2D eigenvalue weighted by Crippen LogP contribution is 2.17. The first-order valence-electron chi connectivity index (χ1n) is 6.40. The fourth-order valence-electron chi connectivity index (χ4n) is 1.53. The number of hydrogen-bond acceptors (Lipinski definition) is 3. The zero-order valence-corrected chi connectivity index (χ0v) is 13.2. The summed E-state index contributed by atoms with van der Waals surface area (Å²) < 4.78 is 5.20. The second kappa shape index (κ2) is 6.27. The van der Waals surface area contributed by atoms with Crippen LogP contribution in [-0.4, -0.2) is 23.5 Å². The average Bonchev–Trinajstić information content (AvgIpc) is 2.26. The zero-order valence-electron chi connectivity index (χ0n) is 12.4. The third-order valence-electron chi connectivity index (χ3n) is 2.48. The lowest BCUT2D eigenvalue weighted by Gasteiger charge is -2.22. The molecule has 0 fully saturated rings. The monoisotopic (exact) mass is 297 g/mol. The van der Waals surface area contributed by atoms with Gasteiger partial charge in [-0.2, -0.15) is 0 Å². The van der Waals surface area contributed by atoms with Crippen molar-refractivity contribution in [3.05, 3.63) is 34.3 Å².